The molecule has 3 rings (SSSR count). The van der Waals surface area contributed by atoms with E-state index >= 15 is 0 Å². The van der Waals surface area contributed by atoms with E-state index in [-0.39, 0.29) is 5.82 Å². The number of nitrogens with zero attached hydrogens (tertiary/aromatic N) is 3. The van der Waals surface area contributed by atoms with Crippen LogP contribution < -0.4 is 5.73 Å². The molecule has 0 unspecified atom stereocenters. The summed E-state index contributed by atoms with van der Waals surface area (Å²) in [6.45, 7) is 0. The second kappa shape index (κ2) is 6.25. The minimum Gasteiger partial charge on any atom is -0.383 e. The summed E-state index contributed by atoms with van der Waals surface area (Å²) in [6.07, 6.45) is 3.34. The zero-order chi connectivity index (χ0) is 16.4. The Balaban J connectivity index is 2.24. The maximum atomic E-state index is 9.41. The number of aromatic nitrogens is 2. The number of benzene rings is 1. The zero-order valence-corrected chi connectivity index (χ0v) is 13.3. The van der Waals surface area contributed by atoms with Crippen molar-refractivity contribution in [2.75, 3.05) is 5.73 Å². The number of hydrogen-bond acceptors (Lipinski definition) is 4. The molecule has 0 radical (unpaired) electrons. The highest BCUT2D eigenvalue weighted by Crippen LogP contribution is 2.34. The number of pyridine rings is 2. The molecule has 0 fully saturated rings. The number of nitrogen functional groups attached to an aromatic ring is 1. The first kappa shape index (κ1) is 15.3. The molecule has 0 atom stereocenters. The summed E-state index contributed by atoms with van der Waals surface area (Å²) in [4.78, 5) is 8.29. The predicted octanol–water partition coefficient (Wildman–Crippen LogP) is 4.57. The summed E-state index contributed by atoms with van der Waals surface area (Å²) in [5.41, 5.74) is 9.20. The lowest BCUT2D eigenvalue weighted by Gasteiger charge is -2.11. The van der Waals surface area contributed by atoms with Crippen LogP contribution in [-0.2, 0) is 0 Å². The van der Waals surface area contributed by atoms with Crippen molar-refractivity contribution in [2.45, 2.75) is 0 Å². The van der Waals surface area contributed by atoms with Crippen LogP contribution in [0.3, 0.4) is 0 Å². The van der Waals surface area contributed by atoms with Crippen LogP contribution in [0.2, 0.25) is 10.0 Å². The molecule has 2 heterocycles. The van der Waals surface area contributed by atoms with Crippen LogP contribution in [0.4, 0.5) is 5.82 Å². The van der Waals surface area contributed by atoms with Crippen molar-refractivity contribution < 1.29 is 0 Å². The van der Waals surface area contributed by atoms with Gasteiger partial charge in [0, 0.05) is 23.5 Å². The number of nitrogens with two attached hydrogens (primary N) is 1. The van der Waals surface area contributed by atoms with E-state index in [2.05, 4.69) is 16.0 Å². The van der Waals surface area contributed by atoms with Crippen LogP contribution in [-0.4, -0.2) is 9.97 Å². The normalized spacial score (nSPS) is 10.3. The molecule has 1 aromatic carbocycles. The summed E-state index contributed by atoms with van der Waals surface area (Å²) < 4.78 is 0. The average Bonchev–Trinajstić information content (AvgIpc) is 2.57. The highest BCUT2D eigenvalue weighted by molar-refractivity contribution is 6.42. The van der Waals surface area contributed by atoms with Crippen LogP contribution in [0.15, 0.2) is 48.8 Å². The van der Waals surface area contributed by atoms with Gasteiger partial charge in [0.05, 0.1) is 15.7 Å². The Labute approximate surface area is 143 Å². The Morgan fingerprint density at radius 1 is 0.957 bits per heavy atom. The average molecular weight is 341 g/mol. The van der Waals surface area contributed by atoms with Crippen molar-refractivity contribution in [3.8, 4) is 28.5 Å². The maximum Gasteiger partial charge on any atom is 0.142 e. The van der Waals surface area contributed by atoms with Gasteiger partial charge in [0.15, 0.2) is 0 Å². The maximum absolute atomic E-state index is 9.41. The molecule has 0 bridgehead atoms. The van der Waals surface area contributed by atoms with E-state index in [1.54, 1.807) is 30.6 Å². The topological polar surface area (TPSA) is 75.6 Å². The summed E-state index contributed by atoms with van der Waals surface area (Å²) >= 11 is 12.0. The van der Waals surface area contributed by atoms with Gasteiger partial charge in [-0.25, -0.2) is 4.98 Å². The van der Waals surface area contributed by atoms with E-state index in [4.69, 9.17) is 28.9 Å². The fourth-order valence-electron chi connectivity index (χ4n) is 2.24. The van der Waals surface area contributed by atoms with E-state index in [0.29, 0.717) is 26.9 Å². The van der Waals surface area contributed by atoms with Crippen LogP contribution >= 0.6 is 23.2 Å². The highest BCUT2D eigenvalue weighted by Gasteiger charge is 2.14. The van der Waals surface area contributed by atoms with Crippen molar-refractivity contribution in [3.05, 3.63) is 64.4 Å². The van der Waals surface area contributed by atoms with Gasteiger partial charge in [0.1, 0.15) is 17.5 Å². The third-order valence-corrected chi connectivity index (χ3v) is 4.10. The van der Waals surface area contributed by atoms with Gasteiger partial charge in [-0.05, 0) is 35.9 Å². The van der Waals surface area contributed by atoms with E-state index in [9.17, 15) is 5.26 Å². The Bertz CT molecular complexity index is 918. The highest BCUT2D eigenvalue weighted by atomic mass is 35.5. The van der Waals surface area contributed by atoms with Gasteiger partial charge < -0.3 is 5.73 Å². The summed E-state index contributed by atoms with van der Waals surface area (Å²) in [6, 6.07) is 12.7. The number of rotatable bonds is 2. The predicted molar refractivity (Wildman–Crippen MR) is 92.1 cm³/mol. The molecular weight excluding hydrogens is 331 g/mol. The first-order valence-electron chi connectivity index (χ1n) is 6.66. The number of nitriles is 1. The summed E-state index contributed by atoms with van der Waals surface area (Å²) in [7, 11) is 0. The van der Waals surface area contributed by atoms with Gasteiger partial charge in [-0.2, -0.15) is 5.26 Å². The van der Waals surface area contributed by atoms with Gasteiger partial charge in [-0.1, -0.05) is 29.3 Å². The van der Waals surface area contributed by atoms with Gasteiger partial charge in [-0.3, -0.25) is 4.98 Å². The second-order valence-corrected chi connectivity index (χ2v) is 5.61. The molecule has 0 spiro atoms. The quantitative estimate of drug-likeness (QED) is 0.741. The van der Waals surface area contributed by atoms with E-state index in [1.807, 2.05) is 18.2 Å². The molecular formula is C17H10Cl2N4. The van der Waals surface area contributed by atoms with Gasteiger partial charge in [-0.15, -0.1) is 0 Å². The van der Waals surface area contributed by atoms with E-state index in [0.717, 1.165) is 11.1 Å². The number of halogens is 2. The van der Waals surface area contributed by atoms with Crippen LogP contribution in [0.1, 0.15) is 5.56 Å². The molecule has 0 aliphatic heterocycles. The standard InChI is InChI=1S/C17H10Cl2N4/c18-14-2-1-11(7-15(14)19)12-8-16(10-3-5-22-6-4-10)23-17(21)13(12)9-20/h1-8H,(H2,21,23). The molecule has 0 aliphatic rings. The van der Waals surface area contributed by atoms with Gasteiger partial charge in [0.25, 0.3) is 0 Å². The Morgan fingerprint density at radius 3 is 2.35 bits per heavy atom. The molecule has 112 valence electrons. The third kappa shape index (κ3) is 2.98. The molecule has 6 heteroatoms. The molecule has 2 aromatic heterocycles. The number of hydrogen-bond donors (Lipinski definition) is 1. The molecule has 3 aromatic rings. The van der Waals surface area contributed by atoms with Crippen LogP contribution in [0, 0.1) is 11.3 Å². The van der Waals surface area contributed by atoms with E-state index in [1.165, 1.54) is 0 Å². The first-order chi connectivity index (χ1) is 11.1. The minimum atomic E-state index is 0.169. The Kier molecular flexibility index (Phi) is 4.16. The van der Waals surface area contributed by atoms with Crippen molar-refractivity contribution in [3.63, 3.8) is 0 Å². The zero-order valence-electron chi connectivity index (χ0n) is 11.8. The lowest BCUT2D eigenvalue weighted by molar-refractivity contribution is 1.28. The smallest absolute Gasteiger partial charge is 0.142 e. The molecule has 0 aliphatic carbocycles. The molecule has 4 nitrogen and oxygen atoms in total. The largest absolute Gasteiger partial charge is 0.383 e. The molecule has 0 saturated carbocycles. The fraction of sp³-hybridized carbons (Fsp3) is 0. The lowest BCUT2D eigenvalue weighted by Crippen LogP contribution is -1.99. The van der Waals surface area contributed by atoms with Crippen LogP contribution in [0.25, 0.3) is 22.4 Å². The molecule has 2 N–H and O–H groups in total. The fourth-order valence-corrected chi connectivity index (χ4v) is 2.54. The van der Waals surface area contributed by atoms with Gasteiger partial charge >= 0.3 is 0 Å². The Hall–Kier alpha value is -2.61. The first-order valence-corrected chi connectivity index (χ1v) is 7.42. The Morgan fingerprint density at radius 2 is 1.70 bits per heavy atom. The van der Waals surface area contributed by atoms with Gasteiger partial charge in [0.2, 0.25) is 0 Å². The van der Waals surface area contributed by atoms with Crippen molar-refractivity contribution in [2.24, 2.45) is 0 Å². The second-order valence-electron chi connectivity index (χ2n) is 4.79. The number of anilines is 1. The third-order valence-electron chi connectivity index (χ3n) is 3.37. The monoisotopic (exact) mass is 340 g/mol. The van der Waals surface area contributed by atoms with Crippen molar-refractivity contribution in [1.82, 2.24) is 9.97 Å². The summed E-state index contributed by atoms with van der Waals surface area (Å²) in [5.74, 6) is 0.169. The van der Waals surface area contributed by atoms with Crippen LogP contribution in [0.5, 0.6) is 0 Å². The molecule has 0 amide bonds. The SMILES string of the molecule is N#Cc1c(-c2ccc(Cl)c(Cl)c2)cc(-c2ccncc2)nc1N. The molecule has 23 heavy (non-hydrogen) atoms. The van der Waals surface area contributed by atoms with Crippen molar-refractivity contribution >= 4 is 29.0 Å². The lowest BCUT2D eigenvalue weighted by atomic mass is 9.99. The molecule has 0 saturated heterocycles. The van der Waals surface area contributed by atoms with Crippen molar-refractivity contribution in [1.29, 1.82) is 5.26 Å². The summed E-state index contributed by atoms with van der Waals surface area (Å²) in [5, 5.41) is 10.3. The van der Waals surface area contributed by atoms with E-state index < -0.39 is 0 Å². The minimum absolute atomic E-state index is 0.169.